The predicted octanol–water partition coefficient (Wildman–Crippen LogP) is 2.14. The number of carbonyl (C=O) groups excluding carboxylic acids is 1. The molecule has 9 nitrogen and oxygen atoms in total. The van der Waals surface area contributed by atoms with Crippen molar-refractivity contribution in [1.82, 2.24) is 30.0 Å². The molecule has 1 atom stereocenters. The average molecular weight is 387 g/mol. The second kappa shape index (κ2) is 7.78. The largest absolute Gasteiger partial charge is 0.497 e. The van der Waals surface area contributed by atoms with Gasteiger partial charge < -0.3 is 10.1 Å². The maximum Gasteiger partial charge on any atom is 0.237 e. The summed E-state index contributed by atoms with van der Waals surface area (Å²) < 4.78 is 8.50. The van der Waals surface area contributed by atoms with E-state index in [1.807, 2.05) is 52.1 Å². The molecule has 142 valence electrons. The topological polar surface area (TPSA) is 99.8 Å². The number of aryl methyl sites for hydroxylation is 2. The number of amides is 1. The van der Waals surface area contributed by atoms with Crippen molar-refractivity contribution in [1.29, 1.82) is 0 Å². The van der Waals surface area contributed by atoms with E-state index in [2.05, 4.69) is 25.9 Å². The summed E-state index contributed by atoms with van der Waals surface area (Å²) in [6, 6.07) is 7.36. The number of nitrogens with zero attached hydrogens (tertiary/aromatic N) is 6. The summed E-state index contributed by atoms with van der Waals surface area (Å²) in [4.78, 5) is 12.6. The van der Waals surface area contributed by atoms with E-state index in [1.54, 1.807) is 16.5 Å². The van der Waals surface area contributed by atoms with Crippen LogP contribution in [0.15, 0.2) is 29.4 Å². The number of rotatable bonds is 6. The van der Waals surface area contributed by atoms with Crippen molar-refractivity contribution in [2.45, 2.75) is 31.2 Å². The van der Waals surface area contributed by atoms with E-state index >= 15 is 0 Å². The van der Waals surface area contributed by atoms with Gasteiger partial charge in [0.15, 0.2) is 0 Å². The van der Waals surface area contributed by atoms with Crippen LogP contribution in [0, 0.1) is 13.8 Å². The molecule has 0 aliphatic rings. The van der Waals surface area contributed by atoms with Crippen LogP contribution in [-0.4, -0.2) is 48.3 Å². The van der Waals surface area contributed by atoms with Crippen LogP contribution in [0.3, 0.4) is 0 Å². The number of anilines is 1. The maximum absolute atomic E-state index is 12.6. The molecule has 0 aliphatic carbocycles. The summed E-state index contributed by atoms with van der Waals surface area (Å²) in [5, 5.41) is 19.2. The van der Waals surface area contributed by atoms with Crippen molar-refractivity contribution >= 4 is 23.4 Å². The van der Waals surface area contributed by atoms with E-state index in [9.17, 15) is 4.79 Å². The second-order valence-corrected chi connectivity index (χ2v) is 7.30. The molecule has 0 spiro atoms. The van der Waals surface area contributed by atoms with Gasteiger partial charge in [-0.05, 0) is 55.5 Å². The highest BCUT2D eigenvalue weighted by Crippen LogP contribution is 2.26. The minimum absolute atomic E-state index is 0.136. The smallest absolute Gasteiger partial charge is 0.237 e. The maximum atomic E-state index is 12.6. The first kappa shape index (κ1) is 18.9. The molecule has 1 amide bonds. The highest BCUT2D eigenvalue weighted by Gasteiger charge is 2.21. The van der Waals surface area contributed by atoms with Crippen LogP contribution < -0.4 is 10.1 Å². The quantitative estimate of drug-likeness (QED) is 0.647. The first-order valence-corrected chi connectivity index (χ1v) is 9.19. The molecule has 0 bridgehead atoms. The summed E-state index contributed by atoms with van der Waals surface area (Å²) in [6.45, 7) is 5.59. The van der Waals surface area contributed by atoms with Gasteiger partial charge >= 0.3 is 0 Å². The van der Waals surface area contributed by atoms with Crippen LogP contribution in [0.25, 0.3) is 5.69 Å². The van der Waals surface area contributed by atoms with Crippen LogP contribution in [0.5, 0.6) is 5.75 Å². The fourth-order valence-corrected chi connectivity index (χ4v) is 3.34. The number of benzene rings is 1. The minimum atomic E-state index is -0.396. The molecule has 1 N–H and O–H groups in total. The first-order chi connectivity index (χ1) is 12.9. The summed E-state index contributed by atoms with van der Waals surface area (Å²) in [6.07, 6.45) is 0. The minimum Gasteiger partial charge on any atom is -0.497 e. The molecular weight excluding hydrogens is 366 g/mol. The number of tetrazole rings is 1. The normalized spacial score (nSPS) is 12.0. The Morgan fingerprint density at radius 1 is 1.26 bits per heavy atom. The van der Waals surface area contributed by atoms with Crippen LogP contribution in [0.4, 0.5) is 5.69 Å². The molecule has 2 aromatic heterocycles. The molecule has 0 saturated heterocycles. The molecule has 0 aliphatic heterocycles. The molecule has 0 saturated carbocycles. The van der Waals surface area contributed by atoms with E-state index in [0.29, 0.717) is 5.16 Å². The number of aromatic nitrogens is 6. The molecule has 3 aromatic rings. The number of hydrogen-bond donors (Lipinski definition) is 1. The van der Waals surface area contributed by atoms with Crippen molar-refractivity contribution in [3.8, 4) is 11.4 Å². The summed E-state index contributed by atoms with van der Waals surface area (Å²) >= 11 is 1.28. The molecule has 0 radical (unpaired) electrons. The van der Waals surface area contributed by atoms with Gasteiger partial charge in [-0.15, -0.1) is 5.10 Å². The number of ether oxygens (including phenoxy) is 1. The Hall–Kier alpha value is -2.88. The fraction of sp³-hybridized carbons (Fsp3) is 0.353. The Morgan fingerprint density at radius 3 is 2.56 bits per heavy atom. The third-order valence-corrected chi connectivity index (χ3v) is 5.20. The first-order valence-electron chi connectivity index (χ1n) is 8.31. The Labute approximate surface area is 161 Å². The predicted molar refractivity (Wildman–Crippen MR) is 102 cm³/mol. The summed E-state index contributed by atoms with van der Waals surface area (Å²) in [7, 11) is 3.46. The number of carbonyl (C=O) groups is 1. The van der Waals surface area contributed by atoms with Gasteiger partial charge in [0.1, 0.15) is 5.75 Å². The molecule has 3 rings (SSSR count). The molecule has 0 fully saturated rings. The Balaban J connectivity index is 1.73. The van der Waals surface area contributed by atoms with Gasteiger partial charge in [-0.1, -0.05) is 11.8 Å². The lowest BCUT2D eigenvalue weighted by Gasteiger charge is -2.12. The SMILES string of the molecule is COc1ccc(-n2nnnc2S[C@@H](C)C(=O)Nc2c(C)nn(C)c2C)cc1. The lowest BCUT2D eigenvalue weighted by Crippen LogP contribution is -2.23. The monoisotopic (exact) mass is 387 g/mol. The van der Waals surface area contributed by atoms with Crippen molar-refractivity contribution in [3.63, 3.8) is 0 Å². The van der Waals surface area contributed by atoms with Crippen LogP contribution in [0.1, 0.15) is 18.3 Å². The lowest BCUT2D eigenvalue weighted by atomic mass is 10.3. The number of hydrogen-bond acceptors (Lipinski definition) is 7. The Morgan fingerprint density at radius 2 is 1.96 bits per heavy atom. The highest BCUT2D eigenvalue weighted by atomic mass is 32.2. The molecule has 10 heteroatoms. The lowest BCUT2D eigenvalue weighted by molar-refractivity contribution is -0.115. The van der Waals surface area contributed by atoms with Gasteiger partial charge in [0, 0.05) is 7.05 Å². The zero-order chi connectivity index (χ0) is 19.6. The van der Waals surface area contributed by atoms with Crippen molar-refractivity contribution in [2.24, 2.45) is 7.05 Å². The molecule has 0 unspecified atom stereocenters. The number of nitrogens with one attached hydrogen (secondary N) is 1. The molecule has 2 heterocycles. The molecule has 1 aromatic carbocycles. The van der Waals surface area contributed by atoms with Crippen molar-refractivity contribution in [3.05, 3.63) is 35.7 Å². The van der Waals surface area contributed by atoms with E-state index < -0.39 is 5.25 Å². The van der Waals surface area contributed by atoms with Gasteiger partial charge in [0.25, 0.3) is 0 Å². The van der Waals surface area contributed by atoms with E-state index in [-0.39, 0.29) is 5.91 Å². The standard InChI is InChI=1S/C17H21N7O2S/c1-10-15(11(2)23(4)20-10)18-16(25)12(3)27-17-19-21-22-24(17)13-6-8-14(26-5)9-7-13/h6-9,12H,1-5H3,(H,18,25)/t12-/m0/s1. The van der Waals surface area contributed by atoms with Crippen molar-refractivity contribution in [2.75, 3.05) is 12.4 Å². The van der Waals surface area contributed by atoms with Crippen molar-refractivity contribution < 1.29 is 9.53 Å². The zero-order valence-electron chi connectivity index (χ0n) is 15.8. The molecule has 27 heavy (non-hydrogen) atoms. The third kappa shape index (κ3) is 3.95. The zero-order valence-corrected chi connectivity index (χ0v) is 16.6. The van der Waals surface area contributed by atoms with E-state index in [0.717, 1.165) is 28.5 Å². The van der Waals surface area contributed by atoms with Crippen LogP contribution in [-0.2, 0) is 11.8 Å². The van der Waals surface area contributed by atoms with Crippen LogP contribution >= 0.6 is 11.8 Å². The van der Waals surface area contributed by atoms with Gasteiger partial charge in [-0.25, -0.2) is 0 Å². The van der Waals surface area contributed by atoms with Gasteiger partial charge in [0.05, 0.1) is 35.1 Å². The van der Waals surface area contributed by atoms with E-state index in [1.165, 1.54) is 11.8 Å². The van der Waals surface area contributed by atoms with E-state index in [4.69, 9.17) is 4.74 Å². The molecular formula is C17H21N7O2S. The van der Waals surface area contributed by atoms with Gasteiger partial charge in [-0.3, -0.25) is 9.48 Å². The van der Waals surface area contributed by atoms with Gasteiger partial charge in [-0.2, -0.15) is 9.78 Å². The summed E-state index contributed by atoms with van der Waals surface area (Å²) in [5.74, 6) is 0.611. The van der Waals surface area contributed by atoms with Gasteiger partial charge in [0.2, 0.25) is 11.1 Å². The second-order valence-electron chi connectivity index (χ2n) is 5.99. The van der Waals surface area contributed by atoms with Crippen LogP contribution in [0.2, 0.25) is 0 Å². The Bertz CT molecular complexity index is 949. The average Bonchev–Trinajstić information content (AvgIpc) is 3.21. The highest BCUT2D eigenvalue weighted by molar-refractivity contribution is 8.00. The number of methoxy groups -OCH3 is 1. The summed E-state index contributed by atoms with van der Waals surface area (Å²) in [5.41, 5.74) is 3.21. The Kier molecular flexibility index (Phi) is 5.45. The number of thioether (sulfide) groups is 1. The third-order valence-electron chi connectivity index (χ3n) is 4.17. The fourth-order valence-electron chi connectivity index (χ4n) is 2.53.